The van der Waals surface area contributed by atoms with Gasteiger partial charge in [-0.1, -0.05) is 26.0 Å². The SMILES string of the molecule is CC(C)CNN(C(=O)O)C(Cc1ccc(OCCO)cc1)C(O)CS(=O)(=O)c1ccc2c(c1)OCO2. The van der Waals surface area contributed by atoms with Crippen molar-refractivity contribution in [2.24, 2.45) is 5.92 Å². The molecular weight excluding hydrogens is 492 g/mol. The molecular formula is C24H32N2O9S. The first-order valence-corrected chi connectivity index (χ1v) is 13.1. The Morgan fingerprint density at radius 2 is 1.83 bits per heavy atom. The van der Waals surface area contributed by atoms with Crippen molar-refractivity contribution in [3.8, 4) is 17.2 Å². The number of carboxylic acid groups (broad SMARTS) is 1. The zero-order valence-electron chi connectivity index (χ0n) is 20.2. The number of fused-ring (bicyclic) bond motifs is 1. The third-order valence-corrected chi connectivity index (χ3v) is 7.23. The molecule has 0 saturated carbocycles. The van der Waals surface area contributed by atoms with Crippen LogP contribution in [0.5, 0.6) is 17.2 Å². The highest BCUT2D eigenvalue weighted by Crippen LogP contribution is 2.34. The number of benzene rings is 2. The van der Waals surface area contributed by atoms with E-state index in [9.17, 15) is 23.4 Å². The molecule has 4 N–H and O–H groups in total. The van der Waals surface area contributed by atoms with Crippen molar-refractivity contribution in [1.29, 1.82) is 0 Å². The fourth-order valence-corrected chi connectivity index (χ4v) is 5.06. The van der Waals surface area contributed by atoms with Crippen molar-refractivity contribution < 1.29 is 42.7 Å². The molecule has 2 atom stereocenters. The maximum Gasteiger partial charge on any atom is 0.422 e. The van der Waals surface area contributed by atoms with Crippen LogP contribution in [0.2, 0.25) is 0 Å². The number of ether oxygens (including phenoxy) is 3. The van der Waals surface area contributed by atoms with E-state index in [0.717, 1.165) is 5.01 Å². The minimum absolute atomic E-state index is 0.0115. The third kappa shape index (κ3) is 7.23. The molecule has 0 bridgehead atoms. The third-order valence-electron chi connectivity index (χ3n) is 5.47. The second kappa shape index (κ2) is 12.3. The molecule has 1 aliphatic heterocycles. The molecule has 2 aromatic carbocycles. The summed E-state index contributed by atoms with van der Waals surface area (Å²) in [6.07, 6.45) is -2.86. The van der Waals surface area contributed by atoms with Crippen LogP contribution in [0, 0.1) is 5.92 Å². The number of aliphatic hydroxyl groups is 2. The second-order valence-electron chi connectivity index (χ2n) is 8.76. The molecule has 1 aliphatic rings. The minimum atomic E-state index is -4.00. The zero-order valence-corrected chi connectivity index (χ0v) is 21.0. The average Bonchev–Trinajstić information content (AvgIpc) is 3.30. The van der Waals surface area contributed by atoms with E-state index in [-0.39, 0.29) is 43.0 Å². The van der Waals surface area contributed by atoms with E-state index >= 15 is 0 Å². The zero-order chi connectivity index (χ0) is 26.3. The van der Waals surface area contributed by atoms with Gasteiger partial charge in [-0.3, -0.25) is 0 Å². The topological polar surface area (TPSA) is 155 Å². The maximum absolute atomic E-state index is 13.1. The molecule has 11 nitrogen and oxygen atoms in total. The standard InChI is InChI=1S/C24H32N2O9S/c1-16(2)13-25-26(24(29)30)20(11-17-3-5-18(6-4-17)33-10-9-27)21(28)14-36(31,32)19-7-8-22-23(12-19)35-15-34-22/h3-8,12,16,20-21,25,27-28H,9-11,13-15H2,1-2H3,(H,29,30). The van der Waals surface area contributed by atoms with Gasteiger partial charge in [0.25, 0.3) is 0 Å². The Morgan fingerprint density at radius 1 is 1.14 bits per heavy atom. The first-order valence-electron chi connectivity index (χ1n) is 11.5. The molecule has 1 amide bonds. The molecule has 0 aromatic heterocycles. The van der Waals surface area contributed by atoms with Crippen molar-refractivity contribution in [3.63, 3.8) is 0 Å². The molecule has 2 unspecified atom stereocenters. The van der Waals surface area contributed by atoms with Crippen molar-refractivity contribution in [2.45, 2.75) is 37.3 Å². The number of carbonyl (C=O) groups is 1. The fourth-order valence-electron chi connectivity index (χ4n) is 3.64. The molecule has 0 spiro atoms. The number of rotatable bonds is 13. The number of hydrogen-bond acceptors (Lipinski definition) is 9. The van der Waals surface area contributed by atoms with Crippen molar-refractivity contribution in [1.82, 2.24) is 10.4 Å². The summed E-state index contributed by atoms with van der Waals surface area (Å²) in [6.45, 7) is 4.08. The lowest BCUT2D eigenvalue weighted by atomic mass is 10.0. The summed E-state index contributed by atoms with van der Waals surface area (Å²) in [5.41, 5.74) is 3.47. The normalized spacial score (nSPS) is 14.5. The van der Waals surface area contributed by atoms with Gasteiger partial charge >= 0.3 is 6.09 Å². The second-order valence-corrected chi connectivity index (χ2v) is 10.8. The number of aliphatic hydroxyl groups excluding tert-OH is 2. The Morgan fingerprint density at radius 3 is 2.47 bits per heavy atom. The van der Waals surface area contributed by atoms with Crippen LogP contribution in [-0.2, 0) is 16.3 Å². The quantitative estimate of drug-likeness (QED) is 0.284. The van der Waals surface area contributed by atoms with Crippen LogP contribution in [0.15, 0.2) is 47.4 Å². The van der Waals surface area contributed by atoms with Gasteiger partial charge in [-0.25, -0.2) is 23.6 Å². The predicted molar refractivity (Wildman–Crippen MR) is 130 cm³/mol. The van der Waals surface area contributed by atoms with Gasteiger partial charge in [0.15, 0.2) is 21.3 Å². The van der Waals surface area contributed by atoms with Crippen LogP contribution in [0.4, 0.5) is 4.79 Å². The van der Waals surface area contributed by atoms with Crippen molar-refractivity contribution in [3.05, 3.63) is 48.0 Å². The number of hydrazine groups is 1. The number of nitrogens with one attached hydrogen (secondary N) is 1. The molecule has 12 heteroatoms. The molecule has 2 aromatic rings. The highest BCUT2D eigenvalue weighted by molar-refractivity contribution is 7.91. The molecule has 0 saturated heterocycles. The maximum atomic E-state index is 13.1. The van der Waals surface area contributed by atoms with Gasteiger partial charge in [-0.2, -0.15) is 0 Å². The van der Waals surface area contributed by atoms with E-state index in [0.29, 0.717) is 23.6 Å². The smallest absolute Gasteiger partial charge is 0.422 e. The average molecular weight is 525 g/mol. The van der Waals surface area contributed by atoms with Gasteiger partial charge in [0, 0.05) is 12.6 Å². The summed E-state index contributed by atoms with van der Waals surface area (Å²) < 4.78 is 42.1. The van der Waals surface area contributed by atoms with E-state index < -0.39 is 33.8 Å². The summed E-state index contributed by atoms with van der Waals surface area (Å²) in [5, 5.41) is 30.7. The monoisotopic (exact) mass is 524 g/mol. The van der Waals surface area contributed by atoms with E-state index in [4.69, 9.17) is 19.3 Å². The van der Waals surface area contributed by atoms with Gasteiger partial charge < -0.3 is 29.5 Å². The van der Waals surface area contributed by atoms with Gasteiger partial charge in [-0.05, 0) is 42.2 Å². The lowest BCUT2D eigenvalue weighted by Crippen LogP contribution is -2.56. The van der Waals surface area contributed by atoms with Crippen molar-refractivity contribution >= 4 is 15.9 Å². The van der Waals surface area contributed by atoms with E-state index in [1.807, 2.05) is 13.8 Å². The van der Waals surface area contributed by atoms with E-state index in [2.05, 4.69) is 5.43 Å². The molecule has 0 radical (unpaired) electrons. The first kappa shape index (κ1) is 27.5. The summed E-state index contributed by atoms with van der Waals surface area (Å²) >= 11 is 0. The molecule has 36 heavy (non-hydrogen) atoms. The highest BCUT2D eigenvalue weighted by Gasteiger charge is 2.34. The molecule has 0 fully saturated rings. The van der Waals surface area contributed by atoms with Gasteiger partial charge in [0.1, 0.15) is 12.4 Å². The summed E-state index contributed by atoms with van der Waals surface area (Å²) in [7, 11) is -4.00. The summed E-state index contributed by atoms with van der Waals surface area (Å²) in [6, 6.07) is 9.76. The minimum Gasteiger partial charge on any atom is -0.491 e. The Kier molecular flexibility index (Phi) is 9.37. The molecule has 198 valence electrons. The predicted octanol–water partition coefficient (Wildman–Crippen LogP) is 1.67. The van der Waals surface area contributed by atoms with Crippen LogP contribution < -0.4 is 19.6 Å². The van der Waals surface area contributed by atoms with Gasteiger partial charge in [0.05, 0.1) is 29.4 Å². The van der Waals surface area contributed by atoms with Crippen LogP contribution in [-0.4, -0.2) is 79.3 Å². The van der Waals surface area contributed by atoms with Gasteiger partial charge in [-0.15, -0.1) is 0 Å². The van der Waals surface area contributed by atoms with Crippen LogP contribution in [0.3, 0.4) is 0 Å². The molecule has 3 rings (SSSR count). The van der Waals surface area contributed by atoms with E-state index in [1.54, 1.807) is 24.3 Å². The van der Waals surface area contributed by atoms with Crippen molar-refractivity contribution in [2.75, 3.05) is 32.3 Å². The highest BCUT2D eigenvalue weighted by atomic mass is 32.2. The number of hydrogen-bond donors (Lipinski definition) is 4. The summed E-state index contributed by atoms with van der Waals surface area (Å²) in [5.74, 6) is 0.626. The first-order chi connectivity index (χ1) is 17.1. The fraction of sp³-hybridized carbons (Fsp3) is 0.458. The number of sulfone groups is 1. The number of amides is 1. The lowest BCUT2D eigenvalue weighted by Gasteiger charge is -2.33. The molecule has 1 heterocycles. The van der Waals surface area contributed by atoms with Crippen LogP contribution in [0.1, 0.15) is 19.4 Å². The van der Waals surface area contributed by atoms with Crippen LogP contribution in [0.25, 0.3) is 0 Å². The number of nitrogens with zero attached hydrogens (tertiary/aromatic N) is 1. The van der Waals surface area contributed by atoms with E-state index in [1.165, 1.54) is 18.2 Å². The summed E-state index contributed by atoms with van der Waals surface area (Å²) in [4.78, 5) is 12.0. The Hall–Kier alpha value is -3.06. The Labute approximate surface area is 210 Å². The Bertz CT molecular complexity index is 1120. The lowest BCUT2D eigenvalue weighted by molar-refractivity contribution is 0.0300. The Balaban J connectivity index is 1.84. The molecule has 0 aliphatic carbocycles. The largest absolute Gasteiger partial charge is 0.491 e. The van der Waals surface area contributed by atoms with Crippen LogP contribution >= 0.6 is 0 Å². The van der Waals surface area contributed by atoms with Gasteiger partial charge in [0.2, 0.25) is 6.79 Å².